The highest BCUT2D eigenvalue weighted by Gasteiger charge is 2.13. The Balaban J connectivity index is 1.72. The molecule has 0 bridgehead atoms. The SMILES string of the molecule is Cc1oc(-c2ccccc2)nc1Cn1cnc2ccsc2c1=O. The van der Waals surface area contributed by atoms with Gasteiger partial charge in [0.05, 0.1) is 18.4 Å². The zero-order valence-corrected chi connectivity index (χ0v) is 13.2. The molecular weight excluding hydrogens is 310 g/mol. The van der Waals surface area contributed by atoms with Crippen molar-refractivity contribution < 1.29 is 4.42 Å². The van der Waals surface area contributed by atoms with E-state index in [0.29, 0.717) is 22.9 Å². The van der Waals surface area contributed by atoms with Gasteiger partial charge >= 0.3 is 0 Å². The van der Waals surface area contributed by atoms with Crippen molar-refractivity contribution in [1.82, 2.24) is 14.5 Å². The molecule has 0 saturated heterocycles. The molecule has 0 aliphatic rings. The minimum absolute atomic E-state index is 0.0475. The molecule has 0 aliphatic carbocycles. The molecule has 0 unspecified atom stereocenters. The third-order valence-corrected chi connectivity index (χ3v) is 4.56. The maximum Gasteiger partial charge on any atom is 0.271 e. The number of rotatable bonds is 3. The van der Waals surface area contributed by atoms with Crippen molar-refractivity contribution in [3.8, 4) is 11.5 Å². The Hall–Kier alpha value is -2.73. The first-order chi connectivity index (χ1) is 11.2. The molecule has 0 aliphatic heterocycles. The molecule has 0 amide bonds. The maximum atomic E-state index is 12.5. The summed E-state index contributed by atoms with van der Waals surface area (Å²) in [6.45, 7) is 2.21. The van der Waals surface area contributed by atoms with Gasteiger partial charge < -0.3 is 4.42 Å². The second kappa shape index (κ2) is 5.48. The predicted octanol–water partition coefficient (Wildman–Crippen LogP) is 3.47. The summed E-state index contributed by atoms with van der Waals surface area (Å²) in [6, 6.07) is 11.6. The van der Waals surface area contributed by atoms with E-state index >= 15 is 0 Å². The van der Waals surface area contributed by atoms with Crippen molar-refractivity contribution in [2.75, 3.05) is 0 Å². The normalized spacial score (nSPS) is 11.2. The predicted molar refractivity (Wildman–Crippen MR) is 89.7 cm³/mol. The van der Waals surface area contributed by atoms with Crippen LogP contribution in [0.5, 0.6) is 0 Å². The molecule has 6 heteroatoms. The third kappa shape index (κ3) is 2.47. The Bertz CT molecular complexity index is 1030. The molecule has 5 nitrogen and oxygen atoms in total. The Labute approximate surface area is 135 Å². The first-order valence-electron chi connectivity index (χ1n) is 7.17. The van der Waals surface area contributed by atoms with Crippen LogP contribution in [0.3, 0.4) is 0 Å². The van der Waals surface area contributed by atoms with Gasteiger partial charge in [0.15, 0.2) is 0 Å². The minimum atomic E-state index is -0.0475. The van der Waals surface area contributed by atoms with Gasteiger partial charge in [0.1, 0.15) is 16.2 Å². The average molecular weight is 323 g/mol. The van der Waals surface area contributed by atoms with Crippen LogP contribution in [0.1, 0.15) is 11.5 Å². The smallest absolute Gasteiger partial charge is 0.271 e. The second-order valence-electron chi connectivity index (χ2n) is 5.20. The number of benzene rings is 1. The molecule has 0 radical (unpaired) electrons. The topological polar surface area (TPSA) is 60.9 Å². The molecular formula is C17H13N3O2S. The number of fused-ring (bicyclic) bond motifs is 1. The number of oxazole rings is 1. The van der Waals surface area contributed by atoms with Crippen molar-refractivity contribution in [2.45, 2.75) is 13.5 Å². The quantitative estimate of drug-likeness (QED) is 0.579. The minimum Gasteiger partial charge on any atom is -0.441 e. The van der Waals surface area contributed by atoms with Crippen LogP contribution < -0.4 is 5.56 Å². The highest BCUT2D eigenvalue weighted by Crippen LogP contribution is 2.22. The van der Waals surface area contributed by atoms with Crippen molar-refractivity contribution in [2.24, 2.45) is 0 Å². The number of thiophene rings is 1. The van der Waals surface area contributed by atoms with Gasteiger partial charge in [-0.05, 0) is 30.5 Å². The van der Waals surface area contributed by atoms with Crippen molar-refractivity contribution in [1.29, 1.82) is 0 Å². The molecule has 3 aromatic heterocycles. The standard InChI is InChI=1S/C17H13N3O2S/c1-11-14(19-16(22-11)12-5-3-2-4-6-12)9-20-10-18-13-7-8-23-15(13)17(20)21/h2-8,10H,9H2,1H3. The van der Waals surface area contributed by atoms with E-state index in [4.69, 9.17) is 4.42 Å². The highest BCUT2D eigenvalue weighted by atomic mass is 32.1. The van der Waals surface area contributed by atoms with Gasteiger partial charge in [-0.25, -0.2) is 9.97 Å². The summed E-state index contributed by atoms with van der Waals surface area (Å²) >= 11 is 1.41. The molecule has 0 fully saturated rings. The monoisotopic (exact) mass is 323 g/mol. The van der Waals surface area contributed by atoms with Gasteiger partial charge in [0.25, 0.3) is 5.56 Å². The van der Waals surface area contributed by atoms with Crippen LogP contribution in [0.15, 0.2) is 57.3 Å². The molecule has 4 aromatic rings. The first-order valence-corrected chi connectivity index (χ1v) is 8.05. The fourth-order valence-corrected chi connectivity index (χ4v) is 3.22. The van der Waals surface area contributed by atoms with E-state index in [1.54, 1.807) is 10.9 Å². The molecule has 3 heterocycles. The number of aryl methyl sites for hydroxylation is 1. The summed E-state index contributed by atoms with van der Waals surface area (Å²) in [6.07, 6.45) is 1.56. The lowest BCUT2D eigenvalue weighted by molar-refractivity contribution is 0.537. The summed E-state index contributed by atoms with van der Waals surface area (Å²) < 4.78 is 7.97. The van der Waals surface area contributed by atoms with Crippen molar-refractivity contribution in [3.05, 3.63) is 69.9 Å². The van der Waals surface area contributed by atoms with E-state index in [9.17, 15) is 4.79 Å². The van der Waals surface area contributed by atoms with Crippen LogP contribution in [0.25, 0.3) is 21.7 Å². The van der Waals surface area contributed by atoms with Crippen LogP contribution in [0.2, 0.25) is 0 Å². The largest absolute Gasteiger partial charge is 0.441 e. The Morgan fingerprint density at radius 1 is 1.22 bits per heavy atom. The summed E-state index contributed by atoms with van der Waals surface area (Å²) in [5.74, 6) is 1.28. The van der Waals surface area contributed by atoms with E-state index in [1.165, 1.54) is 11.3 Å². The van der Waals surface area contributed by atoms with E-state index in [-0.39, 0.29) is 5.56 Å². The Kier molecular flexibility index (Phi) is 3.31. The van der Waals surface area contributed by atoms with E-state index in [2.05, 4.69) is 9.97 Å². The molecule has 0 spiro atoms. The van der Waals surface area contributed by atoms with Crippen LogP contribution in [-0.4, -0.2) is 14.5 Å². The summed E-state index contributed by atoms with van der Waals surface area (Å²) in [5, 5.41) is 1.87. The fraction of sp³-hybridized carbons (Fsp3) is 0.118. The van der Waals surface area contributed by atoms with Crippen LogP contribution in [-0.2, 0) is 6.54 Å². The van der Waals surface area contributed by atoms with Gasteiger partial charge in [-0.3, -0.25) is 9.36 Å². The summed E-state index contributed by atoms with van der Waals surface area (Å²) in [4.78, 5) is 21.3. The Morgan fingerprint density at radius 2 is 2.04 bits per heavy atom. The number of hydrogen-bond acceptors (Lipinski definition) is 5. The molecule has 114 valence electrons. The lowest BCUT2D eigenvalue weighted by atomic mass is 10.2. The van der Waals surface area contributed by atoms with Gasteiger partial charge in [0, 0.05) is 5.56 Å². The van der Waals surface area contributed by atoms with Crippen molar-refractivity contribution >= 4 is 21.6 Å². The first kappa shape index (κ1) is 13.9. The molecule has 0 atom stereocenters. The lowest BCUT2D eigenvalue weighted by Crippen LogP contribution is -2.20. The number of aromatic nitrogens is 3. The zero-order valence-electron chi connectivity index (χ0n) is 12.4. The third-order valence-electron chi connectivity index (χ3n) is 3.67. The van der Waals surface area contributed by atoms with Gasteiger partial charge in [-0.2, -0.15) is 0 Å². The van der Waals surface area contributed by atoms with Crippen LogP contribution >= 0.6 is 11.3 Å². The summed E-state index contributed by atoms with van der Waals surface area (Å²) in [5.41, 5.74) is 2.34. The van der Waals surface area contributed by atoms with Crippen LogP contribution in [0.4, 0.5) is 0 Å². The maximum absolute atomic E-state index is 12.5. The highest BCUT2D eigenvalue weighted by molar-refractivity contribution is 7.17. The van der Waals surface area contributed by atoms with Crippen molar-refractivity contribution in [3.63, 3.8) is 0 Å². The van der Waals surface area contributed by atoms with E-state index in [1.807, 2.05) is 48.7 Å². The van der Waals surface area contributed by atoms with Gasteiger partial charge in [0.2, 0.25) is 5.89 Å². The van der Waals surface area contributed by atoms with Gasteiger partial charge in [-0.15, -0.1) is 11.3 Å². The van der Waals surface area contributed by atoms with E-state index in [0.717, 1.165) is 16.8 Å². The molecule has 0 N–H and O–H groups in total. The second-order valence-corrected chi connectivity index (χ2v) is 6.12. The molecule has 23 heavy (non-hydrogen) atoms. The molecule has 1 aromatic carbocycles. The zero-order chi connectivity index (χ0) is 15.8. The number of nitrogens with zero attached hydrogens (tertiary/aromatic N) is 3. The Morgan fingerprint density at radius 3 is 2.87 bits per heavy atom. The lowest BCUT2D eigenvalue weighted by Gasteiger charge is -2.02. The molecule has 4 rings (SSSR count). The fourth-order valence-electron chi connectivity index (χ4n) is 2.43. The van der Waals surface area contributed by atoms with E-state index < -0.39 is 0 Å². The number of hydrogen-bond donors (Lipinski definition) is 0. The molecule has 0 saturated carbocycles. The average Bonchev–Trinajstić information content (AvgIpc) is 3.19. The summed E-state index contributed by atoms with van der Waals surface area (Å²) in [7, 11) is 0. The van der Waals surface area contributed by atoms with Crippen LogP contribution in [0, 0.1) is 6.92 Å². The van der Waals surface area contributed by atoms with Gasteiger partial charge in [-0.1, -0.05) is 18.2 Å².